The van der Waals surface area contributed by atoms with Gasteiger partial charge in [0.05, 0.1) is 31.3 Å². The number of guanidine groups is 1. The summed E-state index contributed by atoms with van der Waals surface area (Å²) in [5.74, 6) is -14.4. The number of aliphatic carboxylic acids is 1. The maximum Gasteiger partial charge on any atom is 0.335 e. The average Bonchev–Trinajstić information content (AvgIpc) is 3.32. The number of hydroxylamine groups is 4. The Hall–Kier alpha value is -7.10. The van der Waals surface area contributed by atoms with Crippen LogP contribution in [0.15, 0.2) is 16.8 Å². The summed E-state index contributed by atoms with van der Waals surface area (Å²) in [6.45, 7) is 3.52. The summed E-state index contributed by atoms with van der Waals surface area (Å²) in [7, 11) is 0. The topological polar surface area (TPSA) is 523 Å². The van der Waals surface area contributed by atoms with Gasteiger partial charge in [-0.25, -0.2) is 14.9 Å². The lowest BCUT2D eigenvalue weighted by molar-refractivity contribution is -0.173. The molecule has 0 spiro atoms. The van der Waals surface area contributed by atoms with Crippen LogP contribution in [0.5, 0.6) is 0 Å². The number of aliphatic imine (C=N–C) groups is 1. The zero-order valence-electron chi connectivity index (χ0n) is 40.9. The lowest BCUT2D eigenvalue weighted by atomic mass is 9.97. The standard InChI is InChI=1S/C41H70N14O18/c1-6-22(47-27(59)16-46-37(67)28(20(4)57)52-38(68)29(31(61)40(70)71)53-32(62)18(2)30(60)19(3)42)33(63)48-24(11-8-14-54(72)21(5)58)35(65)51-26(17-56)36(66)49-23(10-7-13-45-41(43)44)34(64)50-25-12-9-15-55(73)39(25)69/h6,18-20,23-26,28-31,56-57,60-61,72-73H,7-17,42H2,1-5H3,(H,46,67)(H,47,59)(H,48,63)(H,49,66)(H,50,64)(H,51,65)(H,52,68)(H,53,62)(H,70,71)(H4,43,44,45). The third-order valence-corrected chi connectivity index (χ3v) is 10.9. The van der Waals surface area contributed by atoms with Crippen molar-refractivity contribution in [1.29, 1.82) is 0 Å². The van der Waals surface area contributed by atoms with Gasteiger partial charge < -0.3 is 85.3 Å². The summed E-state index contributed by atoms with van der Waals surface area (Å²) in [4.78, 5) is 146. The molecule has 1 aliphatic heterocycles. The summed E-state index contributed by atoms with van der Waals surface area (Å²) >= 11 is 0. The van der Waals surface area contributed by atoms with Crippen LogP contribution in [0.3, 0.4) is 0 Å². The van der Waals surface area contributed by atoms with E-state index in [1.165, 1.54) is 20.8 Å². The summed E-state index contributed by atoms with van der Waals surface area (Å²) in [5, 5.41) is 88.3. The van der Waals surface area contributed by atoms with Crippen molar-refractivity contribution in [3.05, 3.63) is 11.8 Å². The molecule has 0 radical (unpaired) electrons. The number of hydrogen-bond donors (Lipinski definition) is 18. The molecule has 1 saturated heterocycles. The Morgan fingerprint density at radius 3 is 1.95 bits per heavy atom. The van der Waals surface area contributed by atoms with Crippen LogP contribution in [0.2, 0.25) is 0 Å². The number of nitrogens with zero attached hydrogens (tertiary/aromatic N) is 3. The number of nitrogens with two attached hydrogens (primary N) is 3. The normalized spacial score (nSPS) is 17.7. The second-order valence-corrected chi connectivity index (χ2v) is 16.8. The van der Waals surface area contributed by atoms with Crippen molar-refractivity contribution in [3.8, 4) is 0 Å². The highest BCUT2D eigenvalue weighted by Crippen LogP contribution is 2.12. The first-order valence-corrected chi connectivity index (χ1v) is 22.8. The Morgan fingerprint density at radius 1 is 0.822 bits per heavy atom. The number of amides is 10. The minimum absolute atomic E-state index is 0.00874. The van der Waals surface area contributed by atoms with Gasteiger partial charge in [0.2, 0.25) is 47.3 Å². The maximum absolute atomic E-state index is 13.7. The van der Waals surface area contributed by atoms with Crippen molar-refractivity contribution in [3.63, 3.8) is 0 Å². The summed E-state index contributed by atoms with van der Waals surface area (Å²) in [6, 6.07) is -11.2. The summed E-state index contributed by atoms with van der Waals surface area (Å²) in [5.41, 5.74) is 15.8. The molecule has 0 aromatic carbocycles. The molecule has 0 aromatic rings. The second kappa shape index (κ2) is 31.4. The van der Waals surface area contributed by atoms with Crippen LogP contribution in [-0.4, -0.2) is 210 Å². The number of rotatable bonds is 30. The molecule has 1 heterocycles. The van der Waals surface area contributed by atoms with Crippen LogP contribution in [-0.2, 0) is 52.7 Å². The van der Waals surface area contributed by atoms with Gasteiger partial charge in [-0.05, 0) is 59.3 Å². The quantitative estimate of drug-likeness (QED) is 0.00793. The number of carbonyl (C=O) groups is 11. The second-order valence-electron chi connectivity index (χ2n) is 16.8. The van der Waals surface area contributed by atoms with Crippen LogP contribution in [0, 0.1) is 5.92 Å². The Kier molecular flexibility index (Phi) is 27.5. The van der Waals surface area contributed by atoms with Crippen LogP contribution >= 0.6 is 0 Å². The molecular weight excluding hydrogens is 977 g/mol. The molecule has 0 bridgehead atoms. The number of carboxylic acid groups (broad SMARTS) is 1. The lowest BCUT2D eigenvalue weighted by Crippen LogP contribution is -2.62. The number of hydrogen-bond acceptors (Lipinski definition) is 19. The Bertz CT molecular complexity index is 2040. The Morgan fingerprint density at radius 2 is 1.40 bits per heavy atom. The highest BCUT2D eigenvalue weighted by atomic mass is 16.5. The first-order chi connectivity index (χ1) is 34.1. The van der Waals surface area contributed by atoms with Gasteiger partial charge in [-0.2, -0.15) is 0 Å². The predicted octanol–water partition coefficient (Wildman–Crippen LogP) is -8.72. The molecule has 0 saturated carbocycles. The van der Waals surface area contributed by atoms with Crippen molar-refractivity contribution in [2.45, 2.75) is 134 Å². The molecule has 1 aliphatic rings. The van der Waals surface area contributed by atoms with Crippen LogP contribution < -0.4 is 59.7 Å². The monoisotopic (exact) mass is 1050 g/mol. The number of carbonyl (C=O) groups excluding carboxylic acids is 10. The number of piperidine rings is 1. The van der Waals surface area contributed by atoms with Gasteiger partial charge in [-0.1, -0.05) is 13.0 Å². The van der Waals surface area contributed by atoms with Crippen molar-refractivity contribution in [2.24, 2.45) is 28.1 Å². The molecule has 1 rings (SSSR count). The molecule has 11 unspecified atom stereocenters. The fraction of sp³-hybridized carbons (Fsp3) is 0.659. The van der Waals surface area contributed by atoms with E-state index in [-0.39, 0.29) is 57.7 Å². The molecule has 412 valence electrons. The fourth-order valence-electron chi connectivity index (χ4n) is 6.59. The zero-order chi connectivity index (χ0) is 55.9. The van der Waals surface area contributed by atoms with E-state index in [0.717, 1.165) is 19.9 Å². The van der Waals surface area contributed by atoms with Crippen molar-refractivity contribution in [1.82, 2.24) is 52.7 Å². The van der Waals surface area contributed by atoms with Crippen molar-refractivity contribution in [2.75, 3.05) is 32.8 Å². The SMILES string of the molecule is CC=C(NC(=O)CNC(=O)C(NC(=O)C(NC(=O)C(C)C(O)C(C)N)C(O)C(=O)O)C(C)O)C(=O)NC(CCCN(O)C(C)=O)C(=O)NC(CO)C(=O)NC(CCCN=C(N)N)C(=O)NC1CCCN(O)C1=O. The van der Waals surface area contributed by atoms with Crippen molar-refractivity contribution < 1.29 is 88.7 Å². The Balaban J connectivity index is 3.22. The number of carboxylic acids is 1. The van der Waals surface area contributed by atoms with Crippen LogP contribution in [0.25, 0.3) is 0 Å². The molecule has 11 atom stereocenters. The molecule has 73 heavy (non-hydrogen) atoms. The van der Waals surface area contributed by atoms with E-state index in [2.05, 4.69) is 36.9 Å². The van der Waals surface area contributed by atoms with Gasteiger partial charge in [0.25, 0.3) is 11.8 Å². The molecule has 1 fully saturated rings. The first-order valence-electron chi connectivity index (χ1n) is 22.8. The van der Waals surface area contributed by atoms with Gasteiger partial charge in [-0.15, -0.1) is 0 Å². The van der Waals surface area contributed by atoms with E-state index < -0.39 is 150 Å². The smallest absolute Gasteiger partial charge is 0.335 e. The van der Waals surface area contributed by atoms with E-state index in [4.69, 9.17) is 17.2 Å². The van der Waals surface area contributed by atoms with Crippen molar-refractivity contribution >= 4 is 71.0 Å². The third kappa shape index (κ3) is 21.7. The number of allylic oxidation sites excluding steroid dienone is 1. The predicted molar refractivity (Wildman–Crippen MR) is 249 cm³/mol. The first kappa shape index (κ1) is 63.9. The maximum atomic E-state index is 13.7. The van der Waals surface area contributed by atoms with E-state index in [1.807, 2.05) is 10.6 Å². The highest BCUT2D eigenvalue weighted by Gasteiger charge is 2.39. The summed E-state index contributed by atoms with van der Waals surface area (Å²) < 4.78 is 0. The molecule has 32 nitrogen and oxygen atoms in total. The Labute approximate surface area is 418 Å². The van der Waals surface area contributed by atoms with E-state index in [0.29, 0.717) is 16.5 Å². The average molecular weight is 1050 g/mol. The van der Waals surface area contributed by atoms with Gasteiger partial charge in [0.15, 0.2) is 12.1 Å². The lowest BCUT2D eigenvalue weighted by Gasteiger charge is -2.30. The van der Waals surface area contributed by atoms with Crippen LogP contribution in [0.4, 0.5) is 0 Å². The number of nitrogens with one attached hydrogen (secondary N) is 8. The molecule has 10 amide bonds. The van der Waals surface area contributed by atoms with Gasteiger partial charge in [0.1, 0.15) is 41.9 Å². The summed E-state index contributed by atoms with van der Waals surface area (Å²) in [6.07, 6.45) is -4.80. The molecule has 32 heteroatoms. The molecular formula is C41H70N14O18. The van der Waals surface area contributed by atoms with Crippen LogP contribution in [0.1, 0.15) is 73.1 Å². The van der Waals surface area contributed by atoms with Gasteiger partial charge in [0, 0.05) is 32.6 Å². The largest absolute Gasteiger partial charge is 0.479 e. The fourth-order valence-corrected chi connectivity index (χ4v) is 6.59. The minimum Gasteiger partial charge on any atom is -0.479 e. The van der Waals surface area contributed by atoms with E-state index in [1.54, 1.807) is 0 Å². The highest BCUT2D eigenvalue weighted by molar-refractivity contribution is 6.02. The van der Waals surface area contributed by atoms with E-state index >= 15 is 0 Å². The molecule has 0 aliphatic carbocycles. The van der Waals surface area contributed by atoms with E-state index in [9.17, 15) is 88.7 Å². The molecule has 21 N–H and O–H groups in total. The van der Waals surface area contributed by atoms with Gasteiger partial charge in [-0.3, -0.25) is 63.4 Å². The minimum atomic E-state index is -2.60. The number of aliphatic hydroxyl groups excluding tert-OH is 4. The zero-order valence-corrected chi connectivity index (χ0v) is 40.9. The molecule has 0 aromatic heterocycles. The number of aliphatic hydroxyl groups is 4. The third-order valence-electron chi connectivity index (χ3n) is 10.9. The van der Waals surface area contributed by atoms with Gasteiger partial charge >= 0.3 is 5.97 Å².